The predicted octanol–water partition coefficient (Wildman–Crippen LogP) is 1.34. The maximum absolute atomic E-state index is 11.7. The van der Waals surface area contributed by atoms with Gasteiger partial charge in [-0.3, -0.25) is 9.59 Å². The number of hydrogen-bond donors (Lipinski definition) is 0. The van der Waals surface area contributed by atoms with E-state index in [4.69, 9.17) is 4.74 Å². The summed E-state index contributed by atoms with van der Waals surface area (Å²) in [4.78, 5) is 24.7. The summed E-state index contributed by atoms with van der Waals surface area (Å²) >= 11 is 0. The van der Waals surface area contributed by atoms with Crippen LogP contribution in [0.4, 0.5) is 0 Å². The number of hydrogen-bond acceptors (Lipinski definition) is 3. The van der Waals surface area contributed by atoms with E-state index >= 15 is 0 Å². The van der Waals surface area contributed by atoms with E-state index in [1.165, 1.54) is 0 Å². The van der Waals surface area contributed by atoms with E-state index in [0.717, 1.165) is 6.42 Å². The minimum Gasteiger partial charge on any atom is -0.452 e. The maximum Gasteiger partial charge on any atom is 0.306 e. The molecule has 1 saturated heterocycles. The van der Waals surface area contributed by atoms with Crippen molar-refractivity contribution in [1.82, 2.24) is 4.90 Å². The van der Waals surface area contributed by atoms with E-state index < -0.39 is 6.10 Å². The van der Waals surface area contributed by atoms with Crippen molar-refractivity contribution < 1.29 is 14.3 Å². The normalized spacial score (nSPS) is 21.2. The van der Waals surface area contributed by atoms with Gasteiger partial charge in [0.05, 0.1) is 0 Å². The van der Waals surface area contributed by atoms with E-state index in [2.05, 4.69) is 0 Å². The highest BCUT2D eigenvalue weighted by Gasteiger charge is 2.35. The molecule has 1 heterocycles. The van der Waals surface area contributed by atoms with Crippen molar-refractivity contribution in [2.75, 3.05) is 6.54 Å². The van der Waals surface area contributed by atoms with Gasteiger partial charge in [-0.2, -0.15) is 0 Å². The van der Waals surface area contributed by atoms with Crippen molar-refractivity contribution in [1.29, 1.82) is 0 Å². The first-order chi connectivity index (χ1) is 7.06. The SMILES string of the molecule is CCCC(=O)O[C@H]1CCN(C(C)C)C1=O. The molecule has 0 saturated carbocycles. The molecule has 0 radical (unpaired) electrons. The molecule has 0 aliphatic carbocycles. The summed E-state index contributed by atoms with van der Waals surface area (Å²) < 4.78 is 5.11. The molecule has 0 aromatic rings. The van der Waals surface area contributed by atoms with Crippen molar-refractivity contribution in [3.8, 4) is 0 Å². The van der Waals surface area contributed by atoms with Crippen molar-refractivity contribution in [3.05, 3.63) is 0 Å². The summed E-state index contributed by atoms with van der Waals surface area (Å²) in [6.07, 6.45) is 1.25. The standard InChI is InChI=1S/C11H19NO3/c1-4-5-10(13)15-9-6-7-12(8(2)3)11(9)14/h8-9H,4-7H2,1-3H3/t9-/m0/s1. The molecule has 0 unspecified atom stereocenters. The van der Waals surface area contributed by atoms with Crippen molar-refractivity contribution in [2.24, 2.45) is 0 Å². The highest BCUT2D eigenvalue weighted by molar-refractivity contribution is 5.85. The lowest BCUT2D eigenvalue weighted by atomic mass is 10.3. The van der Waals surface area contributed by atoms with Crippen LogP contribution < -0.4 is 0 Å². The molecule has 86 valence electrons. The number of carbonyl (C=O) groups is 2. The van der Waals surface area contributed by atoms with Gasteiger partial charge in [0.2, 0.25) is 0 Å². The Hall–Kier alpha value is -1.06. The number of nitrogens with zero attached hydrogens (tertiary/aromatic N) is 1. The number of carbonyl (C=O) groups excluding carboxylic acids is 2. The van der Waals surface area contributed by atoms with Crippen molar-refractivity contribution in [2.45, 2.75) is 52.2 Å². The smallest absolute Gasteiger partial charge is 0.306 e. The number of ether oxygens (including phenoxy) is 1. The summed E-state index contributed by atoms with van der Waals surface area (Å²) in [5, 5.41) is 0. The van der Waals surface area contributed by atoms with Gasteiger partial charge in [0.1, 0.15) is 0 Å². The molecule has 0 bridgehead atoms. The predicted molar refractivity (Wildman–Crippen MR) is 56.3 cm³/mol. The molecule has 1 fully saturated rings. The second-order valence-corrected chi connectivity index (χ2v) is 4.14. The van der Waals surface area contributed by atoms with E-state index in [1.54, 1.807) is 4.90 Å². The largest absolute Gasteiger partial charge is 0.452 e. The first-order valence-corrected chi connectivity index (χ1v) is 5.56. The molecule has 1 aliphatic heterocycles. The second kappa shape index (κ2) is 5.14. The molecule has 0 spiro atoms. The van der Waals surface area contributed by atoms with Crippen LogP contribution >= 0.6 is 0 Å². The van der Waals surface area contributed by atoms with Crippen LogP contribution in [0.2, 0.25) is 0 Å². The summed E-state index contributed by atoms with van der Waals surface area (Å²) in [6.45, 7) is 6.54. The van der Waals surface area contributed by atoms with Gasteiger partial charge in [-0.15, -0.1) is 0 Å². The quantitative estimate of drug-likeness (QED) is 0.662. The molecule has 15 heavy (non-hydrogen) atoms. The Morgan fingerprint density at radius 2 is 2.27 bits per heavy atom. The van der Waals surface area contributed by atoms with Gasteiger partial charge >= 0.3 is 5.97 Å². The molecule has 4 nitrogen and oxygen atoms in total. The number of amides is 1. The Kier molecular flexibility index (Phi) is 4.12. The molecule has 1 rings (SSSR count). The molecule has 0 N–H and O–H groups in total. The Labute approximate surface area is 90.6 Å². The third-order valence-electron chi connectivity index (χ3n) is 2.54. The Morgan fingerprint density at radius 3 is 2.73 bits per heavy atom. The van der Waals surface area contributed by atoms with Gasteiger partial charge < -0.3 is 9.64 Å². The molecule has 1 atom stereocenters. The number of esters is 1. The zero-order chi connectivity index (χ0) is 11.4. The monoisotopic (exact) mass is 213 g/mol. The molecular weight excluding hydrogens is 194 g/mol. The van der Waals surface area contributed by atoms with Crippen LogP contribution in [0.1, 0.15) is 40.0 Å². The van der Waals surface area contributed by atoms with Crippen LogP contribution in [0.3, 0.4) is 0 Å². The Balaban J connectivity index is 2.46. The molecule has 4 heteroatoms. The van der Waals surface area contributed by atoms with Crippen LogP contribution in [0.15, 0.2) is 0 Å². The minimum absolute atomic E-state index is 0.0468. The molecule has 1 amide bonds. The minimum atomic E-state index is -0.536. The molecule has 0 aromatic heterocycles. The summed E-state index contributed by atoms with van der Waals surface area (Å²) in [7, 11) is 0. The zero-order valence-electron chi connectivity index (χ0n) is 9.66. The maximum atomic E-state index is 11.7. The van der Waals surface area contributed by atoms with Crippen LogP contribution in [0.25, 0.3) is 0 Å². The Morgan fingerprint density at radius 1 is 1.60 bits per heavy atom. The average Bonchev–Trinajstić information content (AvgIpc) is 2.48. The summed E-state index contributed by atoms with van der Waals surface area (Å²) in [6, 6.07) is 0.187. The van der Waals surface area contributed by atoms with Crippen LogP contribution in [-0.2, 0) is 14.3 Å². The van der Waals surface area contributed by atoms with Gasteiger partial charge in [0.25, 0.3) is 5.91 Å². The average molecular weight is 213 g/mol. The first-order valence-electron chi connectivity index (χ1n) is 5.56. The third-order valence-corrected chi connectivity index (χ3v) is 2.54. The van der Waals surface area contributed by atoms with Gasteiger partial charge in [-0.1, -0.05) is 6.92 Å². The molecule has 1 aliphatic rings. The topological polar surface area (TPSA) is 46.6 Å². The lowest BCUT2D eigenvalue weighted by Gasteiger charge is -2.20. The lowest BCUT2D eigenvalue weighted by Crippen LogP contribution is -2.36. The fourth-order valence-corrected chi connectivity index (χ4v) is 1.72. The first kappa shape index (κ1) is 12.0. The number of likely N-dealkylation sites (tertiary alicyclic amines) is 1. The number of rotatable bonds is 4. The summed E-state index contributed by atoms with van der Waals surface area (Å²) in [5.74, 6) is -0.309. The highest BCUT2D eigenvalue weighted by Crippen LogP contribution is 2.17. The van der Waals surface area contributed by atoms with Crippen molar-refractivity contribution in [3.63, 3.8) is 0 Å². The van der Waals surface area contributed by atoms with E-state index in [0.29, 0.717) is 19.4 Å². The van der Waals surface area contributed by atoms with Gasteiger partial charge in [0, 0.05) is 25.4 Å². The van der Waals surface area contributed by atoms with E-state index in [1.807, 2.05) is 20.8 Å². The zero-order valence-corrected chi connectivity index (χ0v) is 9.66. The van der Waals surface area contributed by atoms with Crippen LogP contribution in [0, 0.1) is 0 Å². The molecular formula is C11H19NO3. The van der Waals surface area contributed by atoms with Gasteiger partial charge in [-0.25, -0.2) is 0 Å². The van der Waals surface area contributed by atoms with Crippen molar-refractivity contribution >= 4 is 11.9 Å². The van der Waals surface area contributed by atoms with Crippen LogP contribution in [-0.4, -0.2) is 35.5 Å². The van der Waals surface area contributed by atoms with E-state index in [-0.39, 0.29) is 17.9 Å². The second-order valence-electron chi connectivity index (χ2n) is 4.14. The highest BCUT2D eigenvalue weighted by atomic mass is 16.5. The van der Waals surface area contributed by atoms with E-state index in [9.17, 15) is 9.59 Å². The summed E-state index contributed by atoms with van der Waals surface area (Å²) in [5.41, 5.74) is 0. The fourth-order valence-electron chi connectivity index (χ4n) is 1.72. The fraction of sp³-hybridized carbons (Fsp3) is 0.818. The lowest BCUT2D eigenvalue weighted by molar-refractivity contribution is -0.156. The van der Waals surface area contributed by atoms with Gasteiger partial charge in [-0.05, 0) is 20.3 Å². The third kappa shape index (κ3) is 2.94. The van der Waals surface area contributed by atoms with Gasteiger partial charge in [0.15, 0.2) is 6.10 Å². The van der Waals surface area contributed by atoms with Crippen LogP contribution in [0.5, 0.6) is 0 Å². The Bertz CT molecular complexity index is 250. The molecule has 0 aromatic carbocycles.